The topological polar surface area (TPSA) is 24.9 Å². The molecule has 0 atom stereocenters. The molecule has 3 aromatic rings. The first-order chi connectivity index (χ1) is 10.3. The zero-order valence-electron chi connectivity index (χ0n) is 11.4. The second kappa shape index (κ2) is 6.83. The highest BCUT2D eigenvalue weighted by molar-refractivity contribution is 7.99. The molecule has 0 saturated heterocycles. The average Bonchev–Trinajstić information content (AvgIpc) is 2.55. The van der Waals surface area contributed by atoms with Crippen LogP contribution in [0.2, 0.25) is 5.02 Å². The fraction of sp³-hybridized carbons (Fsp3) is 0.118. The van der Waals surface area contributed by atoms with E-state index >= 15 is 0 Å². The summed E-state index contributed by atoms with van der Waals surface area (Å²) >= 11 is 8.04. The van der Waals surface area contributed by atoms with Crippen LogP contribution in [0.5, 0.6) is 0 Å². The zero-order valence-corrected chi connectivity index (χ0v) is 13.0. The molecular formula is C17H15ClN2S. The molecule has 106 valence electrons. The van der Waals surface area contributed by atoms with Crippen molar-refractivity contribution in [2.24, 2.45) is 0 Å². The molecule has 2 nitrogen and oxygen atoms in total. The second-order valence-electron chi connectivity index (χ2n) is 4.58. The van der Waals surface area contributed by atoms with Crippen LogP contribution in [-0.2, 0) is 0 Å². The standard InChI is InChI=1S/C17H15ClN2S/c18-15-8-9-16(17-14(15)7-4-10-20-17)19-11-12-21-13-5-2-1-3-6-13/h1-10,19H,11-12H2. The van der Waals surface area contributed by atoms with Crippen LogP contribution in [0.4, 0.5) is 5.69 Å². The molecule has 3 rings (SSSR count). The number of halogens is 1. The molecular weight excluding hydrogens is 300 g/mol. The molecule has 1 aromatic heterocycles. The molecule has 21 heavy (non-hydrogen) atoms. The van der Waals surface area contributed by atoms with Gasteiger partial charge in [0.05, 0.1) is 16.2 Å². The van der Waals surface area contributed by atoms with Crippen molar-refractivity contribution in [3.63, 3.8) is 0 Å². The number of nitrogens with zero attached hydrogens (tertiary/aromatic N) is 1. The number of thioether (sulfide) groups is 1. The van der Waals surface area contributed by atoms with E-state index in [-0.39, 0.29) is 0 Å². The molecule has 4 heteroatoms. The molecule has 1 N–H and O–H groups in total. The Kier molecular flexibility index (Phi) is 4.63. The molecule has 0 radical (unpaired) electrons. The number of hydrogen-bond acceptors (Lipinski definition) is 3. The highest BCUT2D eigenvalue weighted by Gasteiger charge is 2.04. The van der Waals surface area contributed by atoms with Gasteiger partial charge < -0.3 is 5.32 Å². The van der Waals surface area contributed by atoms with Crippen molar-refractivity contribution in [2.75, 3.05) is 17.6 Å². The van der Waals surface area contributed by atoms with Gasteiger partial charge in [-0.1, -0.05) is 29.8 Å². The number of hydrogen-bond donors (Lipinski definition) is 1. The van der Waals surface area contributed by atoms with Gasteiger partial charge in [-0.25, -0.2) is 0 Å². The molecule has 2 aromatic carbocycles. The monoisotopic (exact) mass is 314 g/mol. The number of pyridine rings is 1. The smallest absolute Gasteiger partial charge is 0.0948 e. The van der Waals surface area contributed by atoms with E-state index in [4.69, 9.17) is 11.6 Å². The van der Waals surface area contributed by atoms with E-state index in [9.17, 15) is 0 Å². The van der Waals surface area contributed by atoms with E-state index in [0.29, 0.717) is 0 Å². The predicted octanol–water partition coefficient (Wildman–Crippen LogP) is 5.09. The first kappa shape index (κ1) is 14.2. The summed E-state index contributed by atoms with van der Waals surface area (Å²) in [5.41, 5.74) is 1.96. The Labute approximate surface area is 133 Å². The lowest BCUT2D eigenvalue weighted by atomic mass is 10.2. The summed E-state index contributed by atoms with van der Waals surface area (Å²) in [5.74, 6) is 1.00. The molecule has 0 aliphatic heterocycles. The maximum atomic E-state index is 6.20. The van der Waals surface area contributed by atoms with Crippen LogP contribution in [0, 0.1) is 0 Å². The van der Waals surface area contributed by atoms with Gasteiger partial charge in [0.15, 0.2) is 0 Å². The zero-order chi connectivity index (χ0) is 14.5. The summed E-state index contributed by atoms with van der Waals surface area (Å²) in [6.07, 6.45) is 1.79. The summed E-state index contributed by atoms with van der Waals surface area (Å²) < 4.78 is 0. The van der Waals surface area contributed by atoms with Crippen molar-refractivity contribution in [3.05, 3.63) is 65.8 Å². The number of fused-ring (bicyclic) bond motifs is 1. The summed E-state index contributed by atoms with van der Waals surface area (Å²) in [7, 11) is 0. The molecule has 0 fully saturated rings. The van der Waals surface area contributed by atoms with Crippen LogP contribution in [-0.4, -0.2) is 17.3 Å². The lowest BCUT2D eigenvalue weighted by molar-refractivity contribution is 1.22. The van der Waals surface area contributed by atoms with Crippen molar-refractivity contribution in [2.45, 2.75) is 4.90 Å². The van der Waals surface area contributed by atoms with Crippen molar-refractivity contribution >= 4 is 40.0 Å². The van der Waals surface area contributed by atoms with Gasteiger partial charge in [-0.15, -0.1) is 11.8 Å². The first-order valence-corrected chi connectivity index (χ1v) is 8.16. The predicted molar refractivity (Wildman–Crippen MR) is 92.4 cm³/mol. The normalized spacial score (nSPS) is 10.7. The third kappa shape index (κ3) is 3.49. The lowest BCUT2D eigenvalue weighted by Crippen LogP contribution is -2.04. The summed E-state index contributed by atoms with van der Waals surface area (Å²) in [6.45, 7) is 0.882. The van der Waals surface area contributed by atoms with E-state index in [0.717, 1.165) is 33.9 Å². The van der Waals surface area contributed by atoms with Gasteiger partial charge in [0.25, 0.3) is 0 Å². The minimum absolute atomic E-state index is 0.738. The average molecular weight is 315 g/mol. The maximum absolute atomic E-state index is 6.20. The maximum Gasteiger partial charge on any atom is 0.0948 e. The Hall–Kier alpha value is -1.71. The minimum atomic E-state index is 0.738. The van der Waals surface area contributed by atoms with Gasteiger partial charge in [-0.2, -0.15) is 0 Å². The molecule has 0 unspecified atom stereocenters. The van der Waals surface area contributed by atoms with Gasteiger partial charge >= 0.3 is 0 Å². The number of rotatable bonds is 5. The van der Waals surface area contributed by atoms with Crippen molar-refractivity contribution < 1.29 is 0 Å². The first-order valence-electron chi connectivity index (χ1n) is 6.79. The molecule has 0 aliphatic rings. The Bertz CT molecular complexity index is 731. The molecule has 0 bridgehead atoms. The fourth-order valence-electron chi connectivity index (χ4n) is 2.15. The van der Waals surface area contributed by atoms with E-state index in [2.05, 4.69) is 34.6 Å². The Morgan fingerprint density at radius 2 is 1.86 bits per heavy atom. The number of benzene rings is 2. The third-order valence-electron chi connectivity index (χ3n) is 3.15. The van der Waals surface area contributed by atoms with E-state index in [1.807, 2.05) is 42.1 Å². The van der Waals surface area contributed by atoms with Crippen LogP contribution in [0.15, 0.2) is 65.7 Å². The summed E-state index contributed by atoms with van der Waals surface area (Å²) in [5, 5.41) is 5.17. The van der Waals surface area contributed by atoms with Crippen molar-refractivity contribution in [1.82, 2.24) is 4.98 Å². The van der Waals surface area contributed by atoms with E-state index in [1.165, 1.54) is 4.90 Å². The van der Waals surface area contributed by atoms with Crippen LogP contribution < -0.4 is 5.32 Å². The Balaban J connectivity index is 1.65. The van der Waals surface area contributed by atoms with Crippen LogP contribution in [0.25, 0.3) is 10.9 Å². The lowest BCUT2D eigenvalue weighted by Gasteiger charge is -2.10. The summed E-state index contributed by atoms with van der Waals surface area (Å²) in [6, 6.07) is 18.2. The van der Waals surface area contributed by atoms with Crippen LogP contribution in [0.3, 0.4) is 0 Å². The molecule has 0 spiro atoms. The van der Waals surface area contributed by atoms with Gasteiger partial charge in [-0.3, -0.25) is 4.98 Å². The Morgan fingerprint density at radius 3 is 2.71 bits per heavy atom. The fourth-order valence-corrected chi connectivity index (χ4v) is 3.16. The van der Waals surface area contributed by atoms with E-state index in [1.54, 1.807) is 6.20 Å². The highest BCUT2D eigenvalue weighted by Crippen LogP contribution is 2.28. The number of aromatic nitrogens is 1. The molecule has 1 heterocycles. The minimum Gasteiger partial charge on any atom is -0.382 e. The third-order valence-corrected chi connectivity index (χ3v) is 4.49. The van der Waals surface area contributed by atoms with Gasteiger partial charge in [0, 0.05) is 28.8 Å². The summed E-state index contributed by atoms with van der Waals surface area (Å²) in [4.78, 5) is 5.72. The van der Waals surface area contributed by atoms with Gasteiger partial charge in [-0.05, 0) is 36.4 Å². The SMILES string of the molecule is Clc1ccc(NCCSc2ccccc2)c2ncccc12. The van der Waals surface area contributed by atoms with Crippen LogP contribution >= 0.6 is 23.4 Å². The van der Waals surface area contributed by atoms with Gasteiger partial charge in [0.1, 0.15) is 0 Å². The van der Waals surface area contributed by atoms with Crippen molar-refractivity contribution in [1.29, 1.82) is 0 Å². The molecule has 0 saturated carbocycles. The number of nitrogens with one attached hydrogen (secondary N) is 1. The molecule has 0 amide bonds. The second-order valence-corrected chi connectivity index (χ2v) is 6.16. The molecule has 0 aliphatic carbocycles. The van der Waals surface area contributed by atoms with Crippen molar-refractivity contribution in [3.8, 4) is 0 Å². The quantitative estimate of drug-likeness (QED) is 0.524. The van der Waals surface area contributed by atoms with Crippen LogP contribution in [0.1, 0.15) is 0 Å². The Morgan fingerprint density at radius 1 is 1.00 bits per heavy atom. The van der Waals surface area contributed by atoms with E-state index < -0.39 is 0 Å². The largest absolute Gasteiger partial charge is 0.382 e. The number of anilines is 1. The van der Waals surface area contributed by atoms with Gasteiger partial charge in [0.2, 0.25) is 0 Å². The highest BCUT2D eigenvalue weighted by atomic mass is 35.5.